The first-order chi connectivity index (χ1) is 14.1. The number of nitro groups is 1. The highest BCUT2D eigenvalue weighted by Gasteiger charge is 2.31. The third-order valence-electron chi connectivity index (χ3n) is 4.63. The van der Waals surface area contributed by atoms with Crippen molar-refractivity contribution in [3.8, 4) is 5.75 Å². The Morgan fingerprint density at radius 2 is 1.87 bits per heavy atom. The van der Waals surface area contributed by atoms with Gasteiger partial charge in [0.15, 0.2) is 0 Å². The van der Waals surface area contributed by atoms with Crippen LogP contribution in [-0.4, -0.2) is 38.7 Å². The molecule has 2 aromatic carbocycles. The average Bonchev–Trinajstić information content (AvgIpc) is 2.71. The summed E-state index contributed by atoms with van der Waals surface area (Å²) in [5.74, 6) is 0.164. The van der Waals surface area contributed by atoms with Gasteiger partial charge < -0.3 is 10.1 Å². The van der Waals surface area contributed by atoms with Crippen LogP contribution in [0.15, 0.2) is 48.5 Å². The van der Waals surface area contributed by atoms with Gasteiger partial charge in [0.2, 0.25) is 15.9 Å². The molecule has 0 radical (unpaired) electrons. The molecule has 2 atom stereocenters. The Hall–Kier alpha value is -3.14. The second-order valence-electron chi connectivity index (χ2n) is 6.75. The largest absolute Gasteiger partial charge is 0.497 e. The van der Waals surface area contributed by atoms with Crippen LogP contribution in [0, 0.1) is 10.1 Å². The van der Waals surface area contributed by atoms with Gasteiger partial charge in [0.1, 0.15) is 11.8 Å². The van der Waals surface area contributed by atoms with Crippen LogP contribution in [0.1, 0.15) is 31.9 Å². The molecule has 0 aliphatic rings. The summed E-state index contributed by atoms with van der Waals surface area (Å²) in [6.07, 6.45) is 1.54. The zero-order valence-corrected chi connectivity index (χ0v) is 18.0. The quantitative estimate of drug-likeness (QED) is 0.478. The molecular formula is C20H25N3O6S. The molecule has 0 bridgehead atoms. The van der Waals surface area contributed by atoms with E-state index < -0.39 is 26.9 Å². The van der Waals surface area contributed by atoms with E-state index >= 15 is 0 Å². The van der Waals surface area contributed by atoms with Crippen LogP contribution in [0.5, 0.6) is 5.75 Å². The summed E-state index contributed by atoms with van der Waals surface area (Å²) >= 11 is 0. The van der Waals surface area contributed by atoms with Crippen LogP contribution >= 0.6 is 0 Å². The minimum Gasteiger partial charge on any atom is -0.497 e. The molecule has 30 heavy (non-hydrogen) atoms. The van der Waals surface area contributed by atoms with Crippen LogP contribution in [0.25, 0.3) is 0 Å². The lowest BCUT2D eigenvalue weighted by Gasteiger charge is -2.29. The van der Waals surface area contributed by atoms with E-state index in [4.69, 9.17) is 4.74 Å². The lowest BCUT2D eigenvalue weighted by Crippen LogP contribution is -2.48. The van der Waals surface area contributed by atoms with Crippen molar-refractivity contribution >= 4 is 27.3 Å². The predicted molar refractivity (Wildman–Crippen MR) is 114 cm³/mol. The average molecular weight is 436 g/mol. The van der Waals surface area contributed by atoms with Crippen molar-refractivity contribution in [2.45, 2.75) is 32.4 Å². The smallest absolute Gasteiger partial charge is 0.271 e. The van der Waals surface area contributed by atoms with Crippen LogP contribution in [0.4, 0.5) is 11.4 Å². The Morgan fingerprint density at radius 3 is 2.37 bits per heavy atom. The molecule has 0 aliphatic carbocycles. The van der Waals surface area contributed by atoms with E-state index in [-0.39, 0.29) is 17.4 Å². The number of ether oxygens (including phenoxy) is 1. The first kappa shape index (κ1) is 23.1. The molecule has 162 valence electrons. The number of rotatable bonds is 9. The van der Waals surface area contributed by atoms with E-state index in [0.29, 0.717) is 12.2 Å². The van der Waals surface area contributed by atoms with Gasteiger partial charge in [-0.1, -0.05) is 25.1 Å². The van der Waals surface area contributed by atoms with Crippen LogP contribution < -0.4 is 14.4 Å². The number of carbonyl (C=O) groups is 1. The molecule has 0 spiro atoms. The van der Waals surface area contributed by atoms with Crippen molar-refractivity contribution < 1.29 is 22.9 Å². The van der Waals surface area contributed by atoms with Gasteiger partial charge in [-0.3, -0.25) is 19.2 Å². The molecule has 10 heteroatoms. The second kappa shape index (κ2) is 9.57. The normalized spacial score (nSPS) is 13.2. The zero-order chi connectivity index (χ0) is 22.5. The number of anilines is 1. The van der Waals surface area contributed by atoms with Gasteiger partial charge in [0.05, 0.1) is 30.0 Å². The van der Waals surface area contributed by atoms with Gasteiger partial charge in [0.25, 0.3) is 5.69 Å². The summed E-state index contributed by atoms with van der Waals surface area (Å²) in [6.45, 7) is 3.34. The van der Waals surface area contributed by atoms with E-state index in [1.54, 1.807) is 19.2 Å². The van der Waals surface area contributed by atoms with Gasteiger partial charge in [-0.05, 0) is 37.1 Å². The van der Waals surface area contributed by atoms with E-state index in [2.05, 4.69) is 5.32 Å². The van der Waals surface area contributed by atoms with Crippen molar-refractivity contribution in [2.24, 2.45) is 0 Å². The molecule has 2 aromatic rings. The Labute approximate surface area is 175 Å². The molecule has 0 unspecified atom stereocenters. The fourth-order valence-corrected chi connectivity index (χ4v) is 4.27. The lowest BCUT2D eigenvalue weighted by molar-refractivity contribution is -0.384. The maximum absolute atomic E-state index is 12.9. The van der Waals surface area contributed by atoms with Crippen molar-refractivity contribution in [3.05, 3.63) is 64.2 Å². The molecule has 0 aromatic heterocycles. The number of nitrogens with one attached hydrogen (secondary N) is 1. The van der Waals surface area contributed by atoms with Crippen molar-refractivity contribution in [1.82, 2.24) is 5.32 Å². The number of non-ortho nitro benzene ring substituents is 1. The number of carbonyl (C=O) groups excluding carboxylic acids is 1. The van der Waals surface area contributed by atoms with Crippen molar-refractivity contribution in [1.29, 1.82) is 0 Å². The van der Waals surface area contributed by atoms with Crippen LogP contribution in [-0.2, 0) is 14.8 Å². The van der Waals surface area contributed by atoms with Gasteiger partial charge in [-0.2, -0.15) is 0 Å². The highest BCUT2D eigenvalue weighted by atomic mass is 32.2. The SMILES string of the molecule is CC[C@@H](NC(=O)[C@H](C)N(c1cccc([N+](=O)[O-])c1)S(C)(=O)=O)c1ccc(OC)cc1. The third-order valence-corrected chi connectivity index (χ3v) is 5.87. The lowest BCUT2D eigenvalue weighted by atomic mass is 10.0. The minimum atomic E-state index is -3.89. The molecule has 0 aliphatic heterocycles. The Balaban J connectivity index is 2.30. The molecule has 9 nitrogen and oxygen atoms in total. The Bertz CT molecular complexity index is 1010. The van der Waals surface area contributed by atoms with Crippen LogP contribution in [0.2, 0.25) is 0 Å². The number of benzene rings is 2. The molecule has 0 saturated carbocycles. The fourth-order valence-electron chi connectivity index (χ4n) is 3.10. The molecule has 0 fully saturated rings. The summed E-state index contributed by atoms with van der Waals surface area (Å²) in [6, 6.07) is 10.9. The monoisotopic (exact) mass is 435 g/mol. The molecular weight excluding hydrogens is 410 g/mol. The van der Waals surface area contributed by atoms with Gasteiger partial charge >= 0.3 is 0 Å². The number of sulfonamides is 1. The van der Waals surface area contributed by atoms with E-state index in [9.17, 15) is 23.3 Å². The highest BCUT2D eigenvalue weighted by Crippen LogP contribution is 2.26. The van der Waals surface area contributed by atoms with Gasteiger partial charge in [-0.15, -0.1) is 0 Å². The van der Waals surface area contributed by atoms with E-state index in [1.165, 1.54) is 25.1 Å². The third kappa shape index (κ3) is 5.47. The maximum Gasteiger partial charge on any atom is 0.271 e. The number of nitro benzene ring substituents is 1. The fraction of sp³-hybridized carbons (Fsp3) is 0.350. The summed E-state index contributed by atoms with van der Waals surface area (Å²) in [4.78, 5) is 23.4. The first-order valence-corrected chi connectivity index (χ1v) is 11.1. The summed E-state index contributed by atoms with van der Waals surface area (Å²) < 4.78 is 30.9. The number of hydrogen-bond donors (Lipinski definition) is 1. The topological polar surface area (TPSA) is 119 Å². The zero-order valence-electron chi connectivity index (χ0n) is 17.2. The maximum atomic E-state index is 12.9. The Kier molecular flexibility index (Phi) is 7.38. The summed E-state index contributed by atoms with van der Waals surface area (Å²) in [5, 5.41) is 13.9. The summed E-state index contributed by atoms with van der Waals surface area (Å²) in [5.41, 5.74) is 0.630. The van der Waals surface area contributed by atoms with E-state index in [1.807, 2.05) is 19.1 Å². The van der Waals surface area contributed by atoms with Crippen molar-refractivity contribution in [2.75, 3.05) is 17.7 Å². The number of hydrogen-bond acceptors (Lipinski definition) is 6. The second-order valence-corrected chi connectivity index (χ2v) is 8.61. The number of nitrogens with zero attached hydrogens (tertiary/aromatic N) is 2. The highest BCUT2D eigenvalue weighted by molar-refractivity contribution is 7.92. The number of methoxy groups -OCH3 is 1. The minimum absolute atomic E-state index is 0.0480. The van der Waals surface area contributed by atoms with Gasteiger partial charge in [0, 0.05) is 12.1 Å². The number of amides is 1. The van der Waals surface area contributed by atoms with Gasteiger partial charge in [-0.25, -0.2) is 8.42 Å². The van der Waals surface area contributed by atoms with E-state index in [0.717, 1.165) is 22.2 Å². The molecule has 0 heterocycles. The standard InChI is InChI=1S/C20H25N3O6S/c1-5-19(15-9-11-18(29-3)12-10-15)21-20(24)14(2)22(30(4,27)28)16-7-6-8-17(13-16)23(25)26/h6-14,19H,5H2,1-4H3,(H,21,24)/t14-,19+/m0/s1. The molecule has 1 N–H and O–H groups in total. The summed E-state index contributed by atoms with van der Waals surface area (Å²) in [7, 11) is -2.33. The molecule has 2 rings (SSSR count). The van der Waals surface area contributed by atoms with Crippen LogP contribution in [0.3, 0.4) is 0 Å². The molecule has 1 amide bonds. The Morgan fingerprint density at radius 1 is 1.23 bits per heavy atom. The predicted octanol–water partition coefficient (Wildman–Crippen LogP) is 3.03. The first-order valence-electron chi connectivity index (χ1n) is 9.26. The molecule has 0 saturated heterocycles. The van der Waals surface area contributed by atoms with Crippen molar-refractivity contribution in [3.63, 3.8) is 0 Å².